The van der Waals surface area contributed by atoms with Crippen LogP contribution in [-0.4, -0.2) is 0 Å². The van der Waals surface area contributed by atoms with Gasteiger partial charge in [0.25, 0.3) is 0 Å². The molecule has 0 aliphatic carbocycles. The molecule has 2 aromatic carbocycles. The van der Waals surface area contributed by atoms with Crippen LogP contribution in [0.4, 0.5) is 4.39 Å². The van der Waals surface area contributed by atoms with Crippen LogP contribution in [-0.2, 0) is 6.42 Å². The molecule has 1 unspecified atom stereocenters. The summed E-state index contributed by atoms with van der Waals surface area (Å²) in [5.41, 5.74) is 9.18. The zero-order valence-electron chi connectivity index (χ0n) is 10.2. The Balaban J connectivity index is 2.13. The third-order valence-electron chi connectivity index (χ3n) is 2.99. The van der Waals surface area contributed by atoms with Gasteiger partial charge in [0.1, 0.15) is 5.82 Å². The Bertz CT molecular complexity index is 537. The van der Waals surface area contributed by atoms with Gasteiger partial charge in [0.15, 0.2) is 0 Å². The first-order chi connectivity index (χ1) is 8.56. The number of halogens is 2. The Hall–Kier alpha value is -1.38. The smallest absolute Gasteiger partial charge is 0.123 e. The van der Waals surface area contributed by atoms with Crippen LogP contribution in [0.5, 0.6) is 0 Å². The maximum absolute atomic E-state index is 12.8. The molecule has 0 bridgehead atoms. The number of benzene rings is 2. The summed E-state index contributed by atoms with van der Waals surface area (Å²) in [6.07, 6.45) is 0.666. The van der Waals surface area contributed by atoms with Crippen molar-refractivity contribution < 1.29 is 4.39 Å². The lowest BCUT2D eigenvalue weighted by atomic mass is 9.99. The van der Waals surface area contributed by atoms with Gasteiger partial charge in [0.05, 0.1) is 0 Å². The molecule has 3 heteroatoms. The lowest BCUT2D eigenvalue weighted by molar-refractivity contribution is 0.625. The zero-order valence-corrected chi connectivity index (χ0v) is 10.9. The SMILES string of the molecule is Cc1ccc(C(N)Cc2ccc(F)cc2)cc1Cl. The summed E-state index contributed by atoms with van der Waals surface area (Å²) in [6.45, 7) is 1.96. The molecule has 0 aliphatic rings. The summed E-state index contributed by atoms with van der Waals surface area (Å²) in [5, 5.41) is 0.724. The Morgan fingerprint density at radius 1 is 1.17 bits per heavy atom. The van der Waals surface area contributed by atoms with Crippen LogP contribution in [0.25, 0.3) is 0 Å². The Morgan fingerprint density at radius 2 is 1.83 bits per heavy atom. The van der Waals surface area contributed by atoms with Crippen molar-refractivity contribution in [2.24, 2.45) is 5.73 Å². The summed E-state index contributed by atoms with van der Waals surface area (Å²) in [5.74, 6) is -0.231. The van der Waals surface area contributed by atoms with E-state index in [2.05, 4.69) is 0 Å². The minimum absolute atomic E-state index is 0.131. The lowest BCUT2D eigenvalue weighted by Gasteiger charge is -2.13. The average molecular weight is 264 g/mol. The van der Waals surface area contributed by atoms with Crippen LogP contribution in [0.15, 0.2) is 42.5 Å². The topological polar surface area (TPSA) is 26.0 Å². The fraction of sp³-hybridized carbons (Fsp3) is 0.200. The van der Waals surface area contributed by atoms with Crippen molar-refractivity contribution in [3.8, 4) is 0 Å². The van der Waals surface area contributed by atoms with Gasteiger partial charge in [-0.25, -0.2) is 4.39 Å². The van der Waals surface area contributed by atoms with Gasteiger partial charge in [-0.05, 0) is 48.2 Å². The van der Waals surface area contributed by atoms with Crippen LogP contribution in [0.2, 0.25) is 5.02 Å². The molecule has 2 N–H and O–H groups in total. The second-order valence-electron chi connectivity index (χ2n) is 4.45. The van der Waals surface area contributed by atoms with Crippen molar-refractivity contribution >= 4 is 11.6 Å². The van der Waals surface area contributed by atoms with Crippen molar-refractivity contribution in [2.45, 2.75) is 19.4 Å². The number of rotatable bonds is 3. The quantitative estimate of drug-likeness (QED) is 0.889. The monoisotopic (exact) mass is 263 g/mol. The predicted octanol–water partition coefficient (Wildman–Crippen LogP) is 4.03. The van der Waals surface area contributed by atoms with Gasteiger partial charge in [0.2, 0.25) is 0 Å². The zero-order chi connectivity index (χ0) is 13.1. The van der Waals surface area contributed by atoms with Crippen molar-refractivity contribution in [3.63, 3.8) is 0 Å². The van der Waals surface area contributed by atoms with E-state index in [0.29, 0.717) is 6.42 Å². The minimum Gasteiger partial charge on any atom is -0.324 e. The second-order valence-corrected chi connectivity index (χ2v) is 4.85. The van der Waals surface area contributed by atoms with Crippen molar-refractivity contribution in [3.05, 3.63) is 70.0 Å². The summed E-state index contributed by atoms with van der Waals surface area (Å²) in [6, 6.07) is 12.1. The lowest BCUT2D eigenvalue weighted by Crippen LogP contribution is -2.13. The second kappa shape index (κ2) is 5.51. The number of hydrogen-bond acceptors (Lipinski definition) is 1. The van der Waals surface area contributed by atoms with E-state index in [0.717, 1.165) is 21.7 Å². The molecule has 18 heavy (non-hydrogen) atoms. The van der Waals surface area contributed by atoms with E-state index in [1.54, 1.807) is 12.1 Å². The normalized spacial score (nSPS) is 12.4. The third kappa shape index (κ3) is 3.09. The predicted molar refractivity (Wildman–Crippen MR) is 73.2 cm³/mol. The van der Waals surface area contributed by atoms with Gasteiger partial charge in [0, 0.05) is 11.1 Å². The van der Waals surface area contributed by atoms with Crippen LogP contribution in [0.1, 0.15) is 22.7 Å². The molecule has 0 saturated carbocycles. The molecule has 0 heterocycles. The molecular formula is C15H15ClFN. The molecular weight excluding hydrogens is 249 g/mol. The highest BCUT2D eigenvalue weighted by Gasteiger charge is 2.08. The summed E-state index contributed by atoms with van der Waals surface area (Å²) in [7, 11) is 0. The first-order valence-corrected chi connectivity index (χ1v) is 6.20. The molecule has 2 rings (SSSR count). The van der Waals surface area contributed by atoms with E-state index < -0.39 is 0 Å². The highest BCUT2D eigenvalue weighted by atomic mass is 35.5. The van der Waals surface area contributed by atoms with Gasteiger partial charge in [-0.3, -0.25) is 0 Å². The Labute approximate surface area is 111 Å². The fourth-order valence-corrected chi connectivity index (χ4v) is 2.02. The van der Waals surface area contributed by atoms with Gasteiger partial charge in [-0.2, -0.15) is 0 Å². The Kier molecular flexibility index (Phi) is 4.00. The average Bonchev–Trinajstić information content (AvgIpc) is 2.35. The first-order valence-electron chi connectivity index (χ1n) is 5.82. The summed E-state index contributed by atoms with van der Waals surface area (Å²) in [4.78, 5) is 0. The largest absolute Gasteiger partial charge is 0.324 e. The van der Waals surface area contributed by atoms with Crippen LogP contribution in [0.3, 0.4) is 0 Å². The highest BCUT2D eigenvalue weighted by Crippen LogP contribution is 2.22. The van der Waals surface area contributed by atoms with E-state index in [1.165, 1.54) is 12.1 Å². The molecule has 1 atom stereocenters. The van der Waals surface area contributed by atoms with Crippen LogP contribution < -0.4 is 5.73 Å². The molecule has 0 radical (unpaired) electrons. The molecule has 0 amide bonds. The molecule has 0 fully saturated rings. The molecule has 0 aromatic heterocycles. The maximum atomic E-state index is 12.8. The van der Waals surface area contributed by atoms with Gasteiger partial charge in [-0.15, -0.1) is 0 Å². The van der Waals surface area contributed by atoms with Crippen molar-refractivity contribution in [1.29, 1.82) is 0 Å². The Morgan fingerprint density at radius 3 is 2.44 bits per heavy atom. The first kappa shape index (κ1) is 13.1. The van der Waals surface area contributed by atoms with Gasteiger partial charge in [-0.1, -0.05) is 35.9 Å². The van der Waals surface area contributed by atoms with Crippen molar-refractivity contribution in [1.82, 2.24) is 0 Å². The fourth-order valence-electron chi connectivity index (χ4n) is 1.83. The van der Waals surface area contributed by atoms with Crippen molar-refractivity contribution in [2.75, 3.05) is 0 Å². The molecule has 2 aromatic rings. The van der Waals surface area contributed by atoms with E-state index in [4.69, 9.17) is 17.3 Å². The summed E-state index contributed by atoms with van der Waals surface area (Å²) >= 11 is 6.08. The van der Waals surface area contributed by atoms with Crippen LogP contribution >= 0.6 is 11.6 Å². The van der Waals surface area contributed by atoms with E-state index in [-0.39, 0.29) is 11.9 Å². The van der Waals surface area contributed by atoms with E-state index >= 15 is 0 Å². The number of nitrogens with two attached hydrogens (primary N) is 1. The standard InChI is InChI=1S/C15H15ClFN/c1-10-2-5-12(9-14(10)16)15(18)8-11-3-6-13(17)7-4-11/h2-7,9,15H,8,18H2,1H3. The molecule has 0 aliphatic heterocycles. The molecule has 0 spiro atoms. The third-order valence-corrected chi connectivity index (χ3v) is 3.40. The molecule has 1 nitrogen and oxygen atoms in total. The molecule has 0 saturated heterocycles. The summed E-state index contributed by atoms with van der Waals surface area (Å²) < 4.78 is 12.8. The number of aryl methyl sites for hydroxylation is 1. The maximum Gasteiger partial charge on any atom is 0.123 e. The van der Waals surface area contributed by atoms with E-state index in [1.807, 2.05) is 25.1 Å². The highest BCUT2D eigenvalue weighted by molar-refractivity contribution is 6.31. The van der Waals surface area contributed by atoms with E-state index in [9.17, 15) is 4.39 Å². The van der Waals surface area contributed by atoms with Crippen LogP contribution in [0, 0.1) is 12.7 Å². The van der Waals surface area contributed by atoms with Gasteiger partial charge < -0.3 is 5.73 Å². The number of hydrogen-bond donors (Lipinski definition) is 1. The van der Waals surface area contributed by atoms with Gasteiger partial charge >= 0.3 is 0 Å². The molecule has 94 valence electrons. The minimum atomic E-state index is -0.231.